The van der Waals surface area contributed by atoms with Crippen molar-refractivity contribution in [3.05, 3.63) is 69.9 Å². The first-order chi connectivity index (χ1) is 13.4. The number of thioether (sulfide) groups is 1. The van der Waals surface area contributed by atoms with Crippen LogP contribution in [0, 0.1) is 13.8 Å². The Balaban J connectivity index is 1.71. The topological polar surface area (TPSA) is 70.9 Å². The Morgan fingerprint density at radius 1 is 1.00 bits per heavy atom. The Kier molecular flexibility index (Phi) is 4.95. The molecular formula is C22H27N5S. The molecule has 2 unspecified atom stereocenters. The number of benzene rings is 2. The van der Waals surface area contributed by atoms with Gasteiger partial charge < -0.3 is 21.3 Å². The third-order valence-electron chi connectivity index (χ3n) is 5.38. The first-order valence-electron chi connectivity index (χ1n) is 9.58. The van der Waals surface area contributed by atoms with E-state index < -0.39 is 0 Å². The zero-order valence-corrected chi connectivity index (χ0v) is 17.6. The molecule has 2 aliphatic heterocycles. The van der Waals surface area contributed by atoms with Gasteiger partial charge in [0.2, 0.25) is 0 Å². The Hall–Kier alpha value is -2.28. The van der Waals surface area contributed by atoms with E-state index >= 15 is 0 Å². The normalized spacial score (nSPS) is 21.7. The maximum atomic E-state index is 6.75. The zero-order valence-electron chi connectivity index (χ0n) is 16.8. The SMILES string of the molecule is Cc1cccc(C)c1N1C2=C(N=CN(c3ccc(C(C)C)cc3)C2N)SC1N. The summed E-state index contributed by atoms with van der Waals surface area (Å²) in [6.07, 6.45) is 1.47. The van der Waals surface area contributed by atoms with Crippen LogP contribution in [0.2, 0.25) is 0 Å². The fourth-order valence-corrected chi connectivity index (χ4v) is 4.84. The van der Waals surface area contributed by atoms with Gasteiger partial charge in [-0.3, -0.25) is 0 Å². The van der Waals surface area contributed by atoms with Crippen molar-refractivity contribution in [1.82, 2.24) is 0 Å². The highest BCUT2D eigenvalue weighted by atomic mass is 32.2. The predicted molar refractivity (Wildman–Crippen MR) is 120 cm³/mol. The number of aryl methyl sites for hydroxylation is 2. The lowest BCUT2D eigenvalue weighted by molar-refractivity contribution is 0.721. The van der Waals surface area contributed by atoms with Gasteiger partial charge in [0.15, 0.2) is 0 Å². The van der Waals surface area contributed by atoms with E-state index in [0.717, 1.165) is 22.1 Å². The fourth-order valence-electron chi connectivity index (χ4n) is 3.84. The van der Waals surface area contributed by atoms with Gasteiger partial charge >= 0.3 is 0 Å². The van der Waals surface area contributed by atoms with Crippen LogP contribution in [0.1, 0.15) is 36.5 Å². The Bertz CT molecular complexity index is 928. The van der Waals surface area contributed by atoms with Crippen LogP contribution in [-0.4, -0.2) is 18.0 Å². The average molecular weight is 394 g/mol. The van der Waals surface area contributed by atoms with Gasteiger partial charge in [0, 0.05) is 11.4 Å². The number of rotatable bonds is 3. The number of aliphatic imine (C=N–C) groups is 1. The largest absolute Gasteiger partial charge is 0.314 e. The van der Waals surface area contributed by atoms with Crippen LogP contribution in [0.5, 0.6) is 0 Å². The van der Waals surface area contributed by atoms with Crippen LogP contribution in [0.3, 0.4) is 0 Å². The van der Waals surface area contributed by atoms with Crippen LogP contribution in [0.4, 0.5) is 11.4 Å². The van der Waals surface area contributed by atoms with Crippen LogP contribution in [0.15, 0.2) is 58.2 Å². The second kappa shape index (κ2) is 7.28. The number of para-hydroxylation sites is 1. The van der Waals surface area contributed by atoms with E-state index in [2.05, 4.69) is 80.1 Å². The zero-order chi connectivity index (χ0) is 20.0. The number of nitrogens with zero attached hydrogens (tertiary/aromatic N) is 3. The van der Waals surface area contributed by atoms with Gasteiger partial charge in [-0.2, -0.15) is 0 Å². The molecule has 0 aliphatic carbocycles. The second-order valence-corrected chi connectivity index (χ2v) is 8.76. The van der Waals surface area contributed by atoms with Gasteiger partial charge in [0.25, 0.3) is 0 Å². The van der Waals surface area contributed by atoms with Crippen molar-refractivity contribution >= 4 is 29.5 Å². The molecule has 146 valence electrons. The van der Waals surface area contributed by atoms with E-state index in [1.807, 2.05) is 11.2 Å². The van der Waals surface area contributed by atoms with Crippen molar-refractivity contribution in [2.24, 2.45) is 16.5 Å². The molecule has 28 heavy (non-hydrogen) atoms. The molecule has 0 amide bonds. The van der Waals surface area contributed by atoms with Crippen molar-refractivity contribution in [2.75, 3.05) is 9.80 Å². The Labute approximate surface area is 171 Å². The highest BCUT2D eigenvalue weighted by molar-refractivity contribution is 8.04. The van der Waals surface area contributed by atoms with Gasteiger partial charge in [-0.25, -0.2) is 4.99 Å². The summed E-state index contributed by atoms with van der Waals surface area (Å²) in [7, 11) is 0. The van der Waals surface area contributed by atoms with E-state index in [1.54, 1.807) is 11.8 Å². The molecule has 0 spiro atoms. The van der Waals surface area contributed by atoms with Gasteiger partial charge in [0.1, 0.15) is 16.7 Å². The van der Waals surface area contributed by atoms with E-state index in [-0.39, 0.29) is 11.7 Å². The summed E-state index contributed by atoms with van der Waals surface area (Å²) in [6, 6.07) is 14.8. The summed E-state index contributed by atoms with van der Waals surface area (Å²) >= 11 is 1.56. The molecular weight excluding hydrogens is 366 g/mol. The molecule has 2 aromatic carbocycles. The van der Waals surface area contributed by atoms with Gasteiger partial charge in [-0.1, -0.05) is 55.9 Å². The van der Waals surface area contributed by atoms with Crippen LogP contribution in [0.25, 0.3) is 0 Å². The van der Waals surface area contributed by atoms with Gasteiger partial charge in [-0.15, -0.1) is 0 Å². The quantitative estimate of drug-likeness (QED) is 0.817. The highest BCUT2D eigenvalue weighted by Gasteiger charge is 2.40. The van der Waals surface area contributed by atoms with Crippen LogP contribution >= 0.6 is 11.8 Å². The fraction of sp³-hybridized carbons (Fsp3) is 0.318. The van der Waals surface area contributed by atoms with Crippen molar-refractivity contribution in [2.45, 2.75) is 45.3 Å². The lowest BCUT2D eigenvalue weighted by Gasteiger charge is -2.37. The maximum Gasteiger partial charge on any atom is 0.136 e. The molecule has 0 fully saturated rings. The minimum Gasteiger partial charge on any atom is -0.314 e. The summed E-state index contributed by atoms with van der Waals surface area (Å²) < 4.78 is 0. The molecule has 2 aliphatic rings. The highest BCUT2D eigenvalue weighted by Crippen LogP contribution is 2.45. The monoisotopic (exact) mass is 393 g/mol. The summed E-state index contributed by atoms with van der Waals surface area (Å²) in [6.45, 7) is 8.61. The van der Waals surface area contributed by atoms with Crippen LogP contribution in [-0.2, 0) is 0 Å². The van der Waals surface area contributed by atoms with E-state index in [1.165, 1.54) is 16.7 Å². The van der Waals surface area contributed by atoms with Crippen molar-refractivity contribution < 1.29 is 0 Å². The third kappa shape index (κ3) is 3.11. The number of hydrogen-bond donors (Lipinski definition) is 2. The molecule has 6 heteroatoms. The molecule has 4 rings (SSSR count). The lowest BCUT2D eigenvalue weighted by Crippen LogP contribution is -2.50. The summed E-state index contributed by atoms with van der Waals surface area (Å²) in [4.78, 5) is 8.85. The molecule has 2 aromatic rings. The molecule has 0 aromatic heterocycles. The van der Waals surface area contributed by atoms with E-state index in [0.29, 0.717) is 5.92 Å². The maximum absolute atomic E-state index is 6.75. The second-order valence-electron chi connectivity index (χ2n) is 7.65. The standard InChI is InChI=1S/C22H27N5S/c1-13(2)16-8-10-17(11-9-16)26-12-25-21-19(20(26)23)27(22(24)28-21)18-14(3)6-5-7-15(18)4/h5-13,20,22H,23-24H2,1-4H3. The molecule has 0 bridgehead atoms. The summed E-state index contributed by atoms with van der Waals surface area (Å²) in [5, 5.41) is 0.901. The van der Waals surface area contributed by atoms with E-state index in [9.17, 15) is 0 Å². The Morgan fingerprint density at radius 3 is 2.25 bits per heavy atom. The lowest BCUT2D eigenvalue weighted by atomic mass is 10.0. The number of anilines is 2. The minimum atomic E-state index is -0.350. The molecule has 4 N–H and O–H groups in total. The first kappa shape index (κ1) is 19.1. The number of nitrogens with two attached hydrogens (primary N) is 2. The predicted octanol–water partition coefficient (Wildman–Crippen LogP) is 4.22. The number of hydrogen-bond acceptors (Lipinski definition) is 6. The average Bonchev–Trinajstić information content (AvgIpc) is 2.99. The first-order valence-corrected chi connectivity index (χ1v) is 10.5. The Morgan fingerprint density at radius 2 is 1.64 bits per heavy atom. The van der Waals surface area contributed by atoms with Crippen molar-refractivity contribution in [3.63, 3.8) is 0 Å². The molecule has 0 saturated carbocycles. The third-order valence-corrected chi connectivity index (χ3v) is 6.37. The van der Waals surface area contributed by atoms with Crippen molar-refractivity contribution in [3.8, 4) is 0 Å². The minimum absolute atomic E-state index is 0.240. The van der Waals surface area contributed by atoms with Gasteiger partial charge in [-0.05, 0) is 48.6 Å². The van der Waals surface area contributed by atoms with Gasteiger partial charge in [0.05, 0.1) is 12.0 Å². The summed E-state index contributed by atoms with van der Waals surface area (Å²) in [5.74, 6) is 0.496. The molecule has 2 heterocycles. The van der Waals surface area contributed by atoms with E-state index in [4.69, 9.17) is 11.5 Å². The summed E-state index contributed by atoms with van der Waals surface area (Å²) in [5.41, 5.74) is 19.8. The molecule has 5 nitrogen and oxygen atoms in total. The smallest absolute Gasteiger partial charge is 0.136 e. The molecule has 2 atom stereocenters. The van der Waals surface area contributed by atoms with Crippen LogP contribution < -0.4 is 21.3 Å². The van der Waals surface area contributed by atoms with Crippen molar-refractivity contribution in [1.29, 1.82) is 0 Å². The molecule has 0 saturated heterocycles. The molecule has 0 radical (unpaired) electrons.